The van der Waals surface area contributed by atoms with Crippen LogP contribution in [0.25, 0.3) is 10.8 Å². The molecule has 7 heteroatoms. The van der Waals surface area contributed by atoms with Crippen molar-refractivity contribution in [3.05, 3.63) is 82.4 Å². The number of methoxy groups -OCH3 is 1. The number of ether oxygens (including phenoxy) is 3. The van der Waals surface area contributed by atoms with Crippen LogP contribution < -0.4 is 0 Å². The van der Waals surface area contributed by atoms with Crippen molar-refractivity contribution in [2.75, 3.05) is 26.9 Å². The molecule has 1 heterocycles. The zero-order valence-corrected chi connectivity index (χ0v) is 18.0. The zero-order chi connectivity index (χ0) is 23.4. The molecule has 1 aliphatic rings. The van der Waals surface area contributed by atoms with E-state index in [4.69, 9.17) is 14.2 Å². The SMILES string of the molecule is COCC1COC(CCc2cc(F)c(C#Cc3ccc4c(F)c(F)ccc4c3)c(F)c2)OC1. The summed E-state index contributed by atoms with van der Waals surface area (Å²) in [6.07, 6.45) is 0.432. The first-order chi connectivity index (χ1) is 15.9. The Morgan fingerprint density at radius 3 is 2.33 bits per heavy atom. The standard InChI is InChI=1S/C26H22F4O3/c1-31-13-18-14-32-25(33-15-18)9-4-17-11-23(28)21(24(29)12-17)7-3-16-2-6-20-19(10-16)5-8-22(27)26(20)30/h2,5-6,8,10-12,18,25H,4,9,13-15H2,1H3. The van der Waals surface area contributed by atoms with Gasteiger partial charge in [-0.2, -0.15) is 0 Å². The molecule has 1 saturated heterocycles. The van der Waals surface area contributed by atoms with Crippen molar-refractivity contribution in [1.82, 2.24) is 0 Å². The van der Waals surface area contributed by atoms with E-state index in [-0.39, 0.29) is 16.9 Å². The number of aryl methyl sites for hydroxylation is 1. The van der Waals surface area contributed by atoms with Gasteiger partial charge in [0.25, 0.3) is 0 Å². The molecule has 0 bridgehead atoms. The number of hydrogen-bond acceptors (Lipinski definition) is 3. The highest BCUT2D eigenvalue weighted by molar-refractivity contribution is 5.84. The fourth-order valence-corrected chi connectivity index (χ4v) is 3.73. The second kappa shape index (κ2) is 10.3. The molecule has 1 aliphatic heterocycles. The molecule has 0 saturated carbocycles. The van der Waals surface area contributed by atoms with Crippen molar-refractivity contribution in [3.8, 4) is 11.8 Å². The maximum Gasteiger partial charge on any atom is 0.166 e. The normalized spacial score (nSPS) is 18.2. The Hall–Kier alpha value is -2.92. The van der Waals surface area contributed by atoms with Crippen molar-refractivity contribution < 1.29 is 31.8 Å². The monoisotopic (exact) mass is 458 g/mol. The number of fused-ring (bicyclic) bond motifs is 1. The third-order valence-electron chi connectivity index (χ3n) is 5.45. The van der Waals surface area contributed by atoms with E-state index in [0.717, 1.165) is 6.07 Å². The summed E-state index contributed by atoms with van der Waals surface area (Å²) in [5, 5.41) is 0.556. The quantitative estimate of drug-likeness (QED) is 0.380. The molecular formula is C26H22F4O3. The largest absolute Gasteiger partial charge is 0.384 e. The van der Waals surface area contributed by atoms with Gasteiger partial charge >= 0.3 is 0 Å². The minimum Gasteiger partial charge on any atom is -0.384 e. The lowest BCUT2D eigenvalue weighted by Gasteiger charge is -2.29. The summed E-state index contributed by atoms with van der Waals surface area (Å²) in [6, 6.07) is 9.35. The number of benzene rings is 3. The average molecular weight is 458 g/mol. The van der Waals surface area contributed by atoms with Gasteiger partial charge in [0, 0.05) is 30.4 Å². The van der Waals surface area contributed by atoms with Gasteiger partial charge in [-0.3, -0.25) is 0 Å². The molecule has 4 rings (SSSR count). The van der Waals surface area contributed by atoms with E-state index < -0.39 is 29.6 Å². The Balaban J connectivity index is 1.44. The molecule has 0 spiro atoms. The molecule has 1 fully saturated rings. The molecule has 0 atom stereocenters. The minimum atomic E-state index is -0.946. The first-order valence-electron chi connectivity index (χ1n) is 10.5. The van der Waals surface area contributed by atoms with E-state index in [2.05, 4.69) is 11.8 Å². The number of rotatable bonds is 5. The number of halogens is 4. The molecule has 172 valence electrons. The fourth-order valence-electron chi connectivity index (χ4n) is 3.73. The molecule has 3 aromatic rings. The van der Waals surface area contributed by atoms with Gasteiger partial charge in [0.05, 0.1) is 25.4 Å². The summed E-state index contributed by atoms with van der Waals surface area (Å²) in [7, 11) is 1.62. The van der Waals surface area contributed by atoms with Crippen LogP contribution in [-0.2, 0) is 20.6 Å². The van der Waals surface area contributed by atoms with Gasteiger partial charge in [0.2, 0.25) is 0 Å². The van der Waals surface area contributed by atoms with E-state index in [1.165, 1.54) is 36.4 Å². The van der Waals surface area contributed by atoms with Gasteiger partial charge in [0.15, 0.2) is 17.9 Å². The molecule has 0 amide bonds. The first-order valence-corrected chi connectivity index (χ1v) is 10.5. The summed E-state index contributed by atoms with van der Waals surface area (Å²) < 4.78 is 72.6. The van der Waals surface area contributed by atoms with E-state index in [0.29, 0.717) is 49.2 Å². The molecule has 33 heavy (non-hydrogen) atoms. The summed E-state index contributed by atoms with van der Waals surface area (Å²) in [4.78, 5) is 0. The lowest BCUT2D eigenvalue weighted by Crippen LogP contribution is -2.34. The summed E-state index contributed by atoms with van der Waals surface area (Å²) in [5.74, 6) is 1.96. The summed E-state index contributed by atoms with van der Waals surface area (Å²) >= 11 is 0. The Bertz CT molecular complexity index is 1180. The first kappa shape index (κ1) is 23.2. The highest BCUT2D eigenvalue weighted by Gasteiger charge is 2.22. The second-order valence-electron chi connectivity index (χ2n) is 7.94. The fraction of sp³-hybridized carbons (Fsp3) is 0.308. The van der Waals surface area contributed by atoms with Crippen LogP contribution >= 0.6 is 0 Å². The Morgan fingerprint density at radius 2 is 1.64 bits per heavy atom. The highest BCUT2D eigenvalue weighted by Crippen LogP contribution is 2.22. The minimum absolute atomic E-state index is 0.113. The van der Waals surface area contributed by atoms with Gasteiger partial charge in [0.1, 0.15) is 11.6 Å². The van der Waals surface area contributed by atoms with Crippen LogP contribution in [0, 0.1) is 41.0 Å². The van der Waals surface area contributed by atoms with E-state index in [1.54, 1.807) is 7.11 Å². The second-order valence-corrected chi connectivity index (χ2v) is 7.94. The van der Waals surface area contributed by atoms with E-state index in [1.807, 2.05) is 0 Å². The lowest BCUT2D eigenvalue weighted by atomic mass is 10.0. The van der Waals surface area contributed by atoms with Crippen LogP contribution in [0.4, 0.5) is 17.6 Å². The predicted molar refractivity (Wildman–Crippen MR) is 116 cm³/mol. The van der Waals surface area contributed by atoms with Crippen molar-refractivity contribution in [3.63, 3.8) is 0 Å². The maximum absolute atomic E-state index is 14.6. The van der Waals surface area contributed by atoms with Crippen molar-refractivity contribution in [2.45, 2.75) is 19.1 Å². The van der Waals surface area contributed by atoms with Crippen LogP contribution in [0.1, 0.15) is 23.1 Å². The molecule has 0 N–H and O–H groups in total. The average Bonchev–Trinajstić information content (AvgIpc) is 2.81. The lowest BCUT2D eigenvalue weighted by molar-refractivity contribution is -0.208. The van der Waals surface area contributed by atoms with Crippen LogP contribution in [0.2, 0.25) is 0 Å². The van der Waals surface area contributed by atoms with Gasteiger partial charge in [-0.25, -0.2) is 17.6 Å². The molecule has 0 aliphatic carbocycles. The van der Waals surface area contributed by atoms with Gasteiger partial charge in [-0.05, 0) is 47.7 Å². The van der Waals surface area contributed by atoms with Crippen molar-refractivity contribution >= 4 is 10.8 Å². The van der Waals surface area contributed by atoms with Gasteiger partial charge < -0.3 is 14.2 Å². The zero-order valence-electron chi connectivity index (χ0n) is 18.0. The van der Waals surface area contributed by atoms with Crippen LogP contribution in [-0.4, -0.2) is 33.2 Å². The Morgan fingerprint density at radius 1 is 0.909 bits per heavy atom. The van der Waals surface area contributed by atoms with Crippen LogP contribution in [0.5, 0.6) is 0 Å². The molecule has 0 unspecified atom stereocenters. The third kappa shape index (κ3) is 5.53. The Kier molecular flexibility index (Phi) is 7.29. The van der Waals surface area contributed by atoms with Crippen LogP contribution in [0.15, 0.2) is 42.5 Å². The van der Waals surface area contributed by atoms with Crippen LogP contribution in [0.3, 0.4) is 0 Å². The molecule has 3 aromatic carbocycles. The summed E-state index contributed by atoms with van der Waals surface area (Å²) in [6.45, 7) is 1.60. The van der Waals surface area contributed by atoms with Gasteiger partial charge in [-0.15, -0.1) is 0 Å². The van der Waals surface area contributed by atoms with E-state index >= 15 is 0 Å². The molecule has 3 nitrogen and oxygen atoms in total. The van der Waals surface area contributed by atoms with Crippen molar-refractivity contribution in [2.24, 2.45) is 5.92 Å². The van der Waals surface area contributed by atoms with E-state index in [9.17, 15) is 17.6 Å². The predicted octanol–water partition coefficient (Wildman–Crippen LogP) is 5.36. The molecule has 0 aromatic heterocycles. The highest BCUT2D eigenvalue weighted by atomic mass is 19.2. The Labute approximate surface area is 189 Å². The van der Waals surface area contributed by atoms with Crippen molar-refractivity contribution in [1.29, 1.82) is 0 Å². The topological polar surface area (TPSA) is 27.7 Å². The molecule has 0 radical (unpaired) electrons. The molecular weight excluding hydrogens is 436 g/mol. The third-order valence-corrected chi connectivity index (χ3v) is 5.45. The van der Waals surface area contributed by atoms with Gasteiger partial charge in [-0.1, -0.05) is 24.0 Å². The summed E-state index contributed by atoms with van der Waals surface area (Å²) in [5.41, 5.74) is 0.552. The smallest absolute Gasteiger partial charge is 0.166 e. The maximum atomic E-state index is 14.6. The number of hydrogen-bond donors (Lipinski definition) is 0.